The molecule has 112 valence electrons. The van der Waals surface area contributed by atoms with Crippen LogP contribution in [0.15, 0.2) is 58.3 Å². The normalized spacial score (nSPS) is 10.5. The zero-order chi connectivity index (χ0) is 14.8. The van der Waals surface area contributed by atoms with Crippen LogP contribution in [0.2, 0.25) is 0 Å². The molecule has 0 unspecified atom stereocenters. The topological polar surface area (TPSA) is 118 Å². The molecule has 0 fully saturated rings. The van der Waals surface area contributed by atoms with Crippen molar-refractivity contribution in [3.05, 3.63) is 54.1 Å². The maximum Gasteiger partial charge on any atom is 0.337 e. The third-order valence-corrected chi connectivity index (χ3v) is 4.23. The van der Waals surface area contributed by atoms with Crippen molar-refractivity contribution in [1.29, 1.82) is 0 Å². The van der Waals surface area contributed by atoms with E-state index in [4.69, 9.17) is 5.11 Å². The van der Waals surface area contributed by atoms with Crippen LogP contribution in [0.3, 0.4) is 0 Å². The molecule has 2 aromatic carbocycles. The summed E-state index contributed by atoms with van der Waals surface area (Å²) >= 11 is 4.08. The van der Waals surface area contributed by atoms with Gasteiger partial charge in [0.25, 0.3) is 10.0 Å². The van der Waals surface area contributed by atoms with E-state index < -0.39 is 16.0 Å². The Morgan fingerprint density at radius 3 is 2.19 bits per heavy atom. The quantitative estimate of drug-likeness (QED) is 0.644. The number of carboxylic acids is 1. The summed E-state index contributed by atoms with van der Waals surface area (Å²) in [7, 11) is -3.83. The maximum atomic E-state index is 12.2. The molecule has 6 nitrogen and oxygen atoms in total. The lowest BCUT2D eigenvalue weighted by molar-refractivity contribution is 0.0698. The minimum Gasteiger partial charge on any atom is -0.478 e. The SMILES string of the molecule is N.O=C(O)c1ccccc1NS(=O)(=O)c1ccc(S)cc1. The van der Waals surface area contributed by atoms with Crippen LogP contribution in [0, 0.1) is 0 Å². The minimum absolute atomic E-state index is 0. The molecule has 0 radical (unpaired) electrons. The maximum absolute atomic E-state index is 12.2. The molecule has 21 heavy (non-hydrogen) atoms. The van der Waals surface area contributed by atoms with Crippen LogP contribution in [0.1, 0.15) is 10.4 Å². The van der Waals surface area contributed by atoms with Crippen molar-refractivity contribution in [3.8, 4) is 0 Å². The van der Waals surface area contributed by atoms with Crippen LogP contribution >= 0.6 is 12.6 Å². The third-order valence-electron chi connectivity index (χ3n) is 2.55. The first-order chi connectivity index (χ1) is 9.40. The molecule has 0 aliphatic heterocycles. The number of anilines is 1. The number of hydrogen-bond acceptors (Lipinski definition) is 5. The summed E-state index contributed by atoms with van der Waals surface area (Å²) in [6.45, 7) is 0. The first-order valence-electron chi connectivity index (χ1n) is 5.54. The zero-order valence-electron chi connectivity index (χ0n) is 10.9. The van der Waals surface area contributed by atoms with Gasteiger partial charge in [-0.3, -0.25) is 4.72 Å². The Hall–Kier alpha value is -2.03. The molecule has 2 aromatic rings. The summed E-state index contributed by atoms with van der Waals surface area (Å²) in [6.07, 6.45) is 0. The lowest BCUT2D eigenvalue weighted by Gasteiger charge is -2.10. The first kappa shape index (κ1) is 17.0. The van der Waals surface area contributed by atoms with Crippen molar-refractivity contribution in [2.75, 3.05) is 4.72 Å². The van der Waals surface area contributed by atoms with Gasteiger partial charge in [0.15, 0.2) is 0 Å². The van der Waals surface area contributed by atoms with Crippen molar-refractivity contribution in [1.82, 2.24) is 6.15 Å². The van der Waals surface area contributed by atoms with Crippen molar-refractivity contribution >= 4 is 34.3 Å². The number of aromatic carboxylic acids is 1. The molecule has 0 aromatic heterocycles. The van der Waals surface area contributed by atoms with E-state index in [9.17, 15) is 13.2 Å². The van der Waals surface area contributed by atoms with E-state index in [0.717, 1.165) is 0 Å². The Kier molecular flexibility index (Phi) is 5.36. The number of nitrogens with one attached hydrogen (secondary N) is 1. The number of rotatable bonds is 4. The Balaban J connectivity index is 0.00000220. The van der Waals surface area contributed by atoms with Gasteiger partial charge < -0.3 is 11.3 Å². The Labute approximate surface area is 127 Å². The van der Waals surface area contributed by atoms with Gasteiger partial charge in [-0.25, -0.2) is 13.2 Å². The fourth-order valence-corrected chi connectivity index (χ4v) is 2.82. The zero-order valence-corrected chi connectivity index (χ0v) is 12.6. The molecule has 0 saturated carbocycles. The smallest absolute Gasteiger partial charge is 0.337 e. The van der Waals surface area contributed by atoms with E-state index in [2.05, 4.69) is 17.4 Å². The number of thiol groups is 1. The van der Waals surface area contributed by atoms with E-state index in [1.165, 1.54) is 30.3 Å². The van der Waals surface area contributed by atoms with Gasteiger partial charge in [0.1, 0.15) is 0 Å². The number of para-hydroxylation sites is 1. The Morgan fingerprint density at radius 1 is 1.05 bits per heavy atom. The van der Waals surface area contributed by atoms with Crippen molar-refractivity contribution in [2.24, 2.45) is 0 Å². The Bertz CT molecular complexity index is 743. The third kappa shape index (κ3) is 3.97. The molecule has 0 aliphatic carbocycles. The molecular formula is C13H14N2O4S2. The van der Waals surface area contributed by atoms with Gasteiger partial charge >= 0.3 is 5.97 Å². The molecule has 0 atom stereocenters. The molecule has 0 bridgehead atoms. The minimum atomic E-state index is -3.83. The van der Waals surface area contributed by atoms with Crippen molar-refractivity contribution < 1.29 is 18.3 Å². The summed E-state index contributed by atoms with van der Waals surface area (Å²) in [5, 5.41) is 9.02. The lowest BCUT2D eigenvalue weighted by atomic mass is 10.2. The van der Waals surface area contributed by atoms with Crippen LogP contribution in [0.25, 0.3) is 0 Å². The molecule has 0 aliphatic rings. The van der Waals surface area contributed by atoms with Crippen molar-refractivity contribution in [2.45, 2.75) is 9.79 Å². The summed E-state index contributed by atoms with van der Waals surface area (Å²) in [6, 6.07) is 11.7. The lowest BCUT2D eigenvalue weighted by Crippen LogP contribution is -2.15. The predicted molar refractivity (Wildman–Crippen MR) is 82.9 cm³/mol. The predicted octanol–water partition coefficient (Wildman–Crippen LogP) is 2.64. The average Bonchev–Trinajstić information content (AvgIpc) is 2.39. The number of carbonyl (C=O) groups is 1. The molecule has 0 amide bonds. The second-order valence-corrected chi connectivity index (χ2v) is 6.15. The highest BCUT2D eigenvalue weighted by Crippen LogP contribution is 2.20. The summed E-state index contributed by atoms with van der Waals surface area (Å²) in [4.78, 5) is 11.7. The molecule has 2 rings (SSSR count). The fourth-order valence-electron chi connectivity index (χ4n) is 1.59. The molecule has 0 saturated heterocycles. The Morgan fingerprint density at radius 2 is 1.62 bits per heavy atom. The first-order valence-corrected chi connectivity index (χ1v) is 7.47. The number of sulfonamides is 1. The van der Waals surface area contributed by atoms with Gasteiger partial charge in [0.2, 0.25) is 0 Å². The fraction of sp³-hybridized carbons (Fsp3) is 0. The monoisotopic (exact) mass is 326 g/mol. The van der Waals surface area contributed by atoms with Gasteiger partial charge in [-0.05, 0) is 36.4 Å². The van der Waals surface area contributed by atoms with Crippen molar-refractivity contribution in [3.63, 3.8) is 0 Å². The summed E-state index contributed by atoms with van der Waals surface area (Å²) < 4.78 is 26.6. The van der Waals surface area contributed by atoms with E-state index in [-0.39, 0.29) is 22.3 Å². The van der Waals surface area contributed by atoms with Crippen LogP contribution in [0.4, 0.5) is 5.69 Å². The van der Waals surface area contributed by atoms with E-state index in [0.29, 0.717) is 4.90 Å². The van der Waals surface area contributed by atoms with Gasteiger partial charge in [0.05, 0.1) is 16.1 Å². The molecule has 0 heterocycles. The van der Waals surface area contributed by atoms with Crippen LogP contribution in [-0.4, -0.2) is 19.5 Å². The van der Waals surface area contributed by atoms with Crippen LogP contribution in [0.5, 0.6) is 0 Å². The van der Waals surface area contributed by atoms with E-state index in [1.807, 2.05) is 0 Å². The average molecular weight is 326 g/mol. The highest BCUT2D eigenvalue weighted by atomic mass is 32.2. The highest BCUT2D eigenvalue weighted by Gasteiger charge is 2.17. The van der Waals surface area contributed by atoms with Gasteiger partial charge in [0, 0.05) is 4.90 Å². The molecule has 0 spiro atoms. The highest BCUT2D eigenvalue weighted by molar-refractivity contribution is 7.92. The molecular weight excluding hydrogens is 312 g/mol. The second-order valence-electron chi connectivity index (χ2n) is 3.95. The largest absolute Gasteiger partial charge is 0.478 e. The standard InChI is InChI=1S/C13H11NO4S2.H3N/c15-13(16)11-3-1-2-4-12(11)14-20(17,18)10-7-5-9(19)6-8-10;/h1-8,14,19H,(H,15,16);1H3. The van der Waals surface area contributed by atoms with E-state index in [1.54, 1.807) is 18.2 Å². The second kappa shape index (κ2) is 6.61. The van der Waals surface area contributed by atoms with Crippen LogP contribution in [-0.2, 0) is 10.0 Å². The van der Waals surface area contributed by atoms with Gasteiger partial charge in [-0.15, -0.1) is 12.6 Å². The number of hydrogen-bond donors (Lipinski definition) is 4. The molecule has 5 N–H and O–H groups in total. The number of benzene rings is 2. The summed E-state index contributed by atoms with van der Waals surface area (Å²) in [5.41, 5.74) is -0.0863. The summed E-state index contributed by atoms with van der Waals surface area (Å²) in [5.74, 6) is -1.20. The van der Waals surface area contributed by atoms with Gasteiger partial charge in [-0.2, -0.15) is 0 Å². The molecule has 8 heteroatoms. The van der Waals surface area contributed by atoms with Gasteiger partial charge in [-0.1, -0.05) is 12.1 Å². The van der Waals surface area contributed by atoms with Crippen LogP contribution < -0.4 is 10.9 Å². The number of carboxylic acid groups (broad SMARTS) is 1. The van der Waals surface area contributed by atoms with E-state index >= 15 is 0 Å².